The lowest BCUT2D eigenvalue weighted by molar-refractivity contribution is -0.114. The van der Waals surface area contributed by atoms with E-state index in [0.717, 1.165) is 28.4 Å². The highest BCUT2D eigenvalue weighted by atomic mass is 32.2. The van der Waals surface area contributed by atoms with Gasteiger partial charge < -0.3 is 16.0 Å². The summed E-state index contributed by atoms with van der Waals surface area (Å²) in [6, 6.07) is 16.3. The maximum atomic E-state index is 12.5. The number of carbonyl (C=O) groups excluding carboxylic acids is 2. The molecule has 0 spiro atoms. The summed E-state index contributed by atoms with van der Waals surface area (Å²) in [4.78, 5) is 25.7. The number of hydrogen-bond donors (Lipinski definition) is 3. The predicted molar refractivity (Wildman–Crippen MR) is 107 cm³/mol. The Morgan fingerprint density at radius 2 is 1.67 bits per heavy atom. The van der Waals surface area contributed by atoms with Gasteiger partial charge in [0.25, 0.3) is 5.91 Å². The second-order valence-electron chi connectivity index (χ2n) is 7.25. The summed E-state index contributed by atoms with van der Waals surface area (Å²) in [7, 11) is 0. The van der Waals surface area contributed by atoms with E-state index in [1.807, 2.05) is 48.5 Å². The molecule has 27 heavy (non-hydrogen) atoms. The molecule has 140 valence electrons. The molecular weight excluding hydrogens is 358 g/mol. The van der Waals surface area contributed by atoms with Crippen molar-refractivity contribution < 1.29 is 9.59 Å². The van der Waals surface area contributed by atoms with Gasteiger partial charge in [0.15, 0.2) is 0 Å². The molecule has 1 saturated carbocycles. The van der Waals surface area contributed by atoms with Crippen LogP contribution in [0.5, 0.6) is 0 Å². The Bertz CT molecular complexity index is 836. The summed E-state index contributed by atoms with van der Waals surface area (Å²) in [5.41, 5.74) is 1.49. The van der Waals surface area contributed by atoms with E-state index in [0.29, 0.717) is 23.6 Å². The Morgan fingerprint density at radius 1 is 1.00 bits per heavy atom. The van der Waals surface area contributed by atoms with Crippen LogP contribution in [0.1, 0.15) is 30.1 Å². The third-order valence-corrected chi connectivity index (χ3v) is 6.22. The van der Waals surface area contributed by atoms with Crippen LogP contribution in [0.4, 0.5) is 5.69 Å². The molecule has 2 aromatic carbocycles. The minimum atomic E-state index is -0.0778. The Balaban J connectivity index is 1.34. The van der Waals surface area contributed by atoms with Crippen LogP contribution < -0.4 is 16.0 Å². The van der Waals surface area contributed by atoms with Gasteiger partial charge in [-0.05, 0) is 67.3 Å². The van der Waals surface area contributed by atoms with Gasteiger partial charge >= 0.3 is 0 Å². The van der Waals surface area contributed by atoms with Crippen LogP contribution in [0.3, 0.4) is 0 Å². The van der Waals surface area contributed by atoms with Crippen molar-refractivity contribution in [2.75, 3.05) is 11.9 Å². The van der Waals surface area contributed by atoms with Crippen molar-refractivity contribution in [2.24, 2.45) is 5.92 Å². The van der Waals surface area contributed by atoms with Gasteiger partial charge in [-0.25, -0.2) is 0 Å². The fraction of sp³-hybridized carbons (Fsp3) is 0.333. The summed E-state index contributed by atoms with van der Waals surface area (Å²) in [6.07, 6.45) is 2.22. The number of rotatable bonds is 5. The topological polar surface area (TPSA) is 70.2 Å². The molecule has 2 fully saturated rings. The summed E-state index contributed by atoms with van der Waals surface area (Å²) in [6.45, 7) is 2.51. The van der Waals surface area contributed by atoms with E-state index in [-0.39, 0.29) is 11.8 Å². The number of carbonyl (C=O) groups is 2. The Morgan fingerprint density at radius 3 is 2.22 bits per heavy atom. The maximum Gasteiger partial charge on any atom is 0.251 e. The average Bonchev–Trinajstić information content (AvgIpc) is 3.26. The van der Waals surface area contributed by atoms with E-state index in [9.17, 15) is 9.59 Å². The van der Waals surface area contributed by atoms with Crippen molar-refractivity contribution in [3.63, 3.8) is 0 Å². The lowest BCUT2D eigenvalue weighted by atomic mass is 10.0. The molecule has 2 aromatic rings. The molecule has 5 nitrogen and oxygen atoms in total. The summed E-state index contributed by atoms with van der Waals surface area (Å²) < 4.78 is 0. The van der Waals surface area contributed by atoms with E-state index in [1.165, 1.54) is 13.3 Å². The number of benzene rings is 2. The van der Waals surface area contributed by atoms with E-state index >= 15 is 0 Å². The van der Waals surface area contributed by atoms with Crippen molar-refractivity contribution >= 4 is 29.3 Å². The van der Waals surface area contributed by atoms with Crippen LogP contribution in [0.2, 0.25) is 0 Å². The molecule has 2 bridgehead atoms. The lowest BCUT2D eigenvalue weighted by Gasteiger charge is -2.23. The summed E-state index contributed by atoms with van der Waals surface area (Å²) >= 11 is 1.63. The lowest BCUT2D eigenvalue weighted by Crippen LogP contribution is -2.44. The van der Waals surface area contributed by atoms with Gasteiger partial charge in [-0.3, -0.25) is 9.59 Å². The first kappa shape index (κ1) is 18.1. The van der Waals surface area contributed by atoms with Crippen molar-refractivity contribution in [1.82, 2.24) is 10.6 Å². The number of fused-ring (bicyclic) bond motifs is 2. The fourth-order valence-electron chi connectivity index (χ4n) is 3.88. The first-order chi connectivity index (χ1) is 13.1. The maximum absolute atomic E-state index is 12.5. The minimum Gasteiger partial charge on any atom is -0.349 e. The second-order valence-corrected chi connectivity index (χ2v) is 8.40. The van der Waals surface area contributed by atoms with E-state index in [1.54, 1.807) is 11.8 Å². The normalized spacial score (nSPS) is 23.2. The largest absolute Gasteiger partial charge is 0.349 e. The molecule has 2 amide bonds. The number of hydrogen-bond acceptors (Lipinski definition) is 4. The van der Waals surface area contributed by atoms with Crippen LogP contribution in [0.25, 0.3) is 0 Å². The monoisotopic (exact) mass is 381 g/mol. The first-order valence-electron chi connectivity index (χ1n) is 9.26. The predicted octanol–water partition coefficient (Wildman–Crippen LogP) is 3.28. The second kappa shape index (κ2) is 7.74. The zero-order valence-electron chi connectivity index (χ0n) is 15.2. The molecule has 1 aliphatic carbocycles. The molecule has 3 N–H and O–H groups in total. The number of amides is 2. The summed E-state index contributed by atoms with van der Waals surface area (Å²) in [5, 5.41) is 9.42. The molecule has 0 aromatic heterocycles. The van der Waals surface area contributed by atoms with Crippen molar-refractivity contribution in [2.45, 2.75) is 41.6 Å². The molecule has 2 aliphatic rings. The van der Waals surface area contributed by atoms with Gasteiger partial charge in [0.2, 0.25) is 5.91 Å². The zero-order chi connectivity index (χ0) is 18.8. The van der Waals surface area contributed by atoms with Crippen LogP contribution >= 0.6 is 11.8 Å². The molecule has 6 heteroatoms. The van der Waals surface area contributed by atoms with E-state index < -0.39 is 0 Å². The standard InChI is InChI=1S/C21H23N3O2S/c1-13(25)23-16-4-8-19(9-5-16)27-18-6-2-14(3-7-18)21(26)24-20-11-17-10-15(20)12-22-17/h2-9,15,17,20,22H,10-12H2,1H3,(H,23,25)(H,24,26). The van der Waals surface area contributed by atoms with Crippen molar-refractivity contribution in [1.29, 1.82) is 0 Å². The molecule has 3 atom stereocenters. The van der Waals surface area contributed by atoms with Crippen LogP contribution in [0.15, 0.2) is 58.3 Å². The third-order valence-electron chi connectivity index (χ3n) is 5.21. The molecule has 3 unspecified atom stereocenters. The molecule has 1 aliphatic heterocycles. The Kier molecular flexibility index (Phi) is 5.18. The van der Waals surface area contributed by atoms with Gasteiger partial charge in [-0.1, -0.05) is 11.8 Å². The Hall–Kier alpha value is -2.31. The van der Waals surface area contributed by atoms with Gasteiger partial charge in [0.05, 0.1) is 0 Å². The molecule has 1 saturated heterocycles. The Labute approximate surface area is 163 Å². The highest BCUT2D eigenvalue weighted by Crippen LogP contribution is 2.32. The van der Waals surface area contributed by atoms with E-state index in [4.69, 9.17) is 0 Å². The molecule has 0 radical (unpaired) electrons. The number of nitrogens with one attached hydrogen (secondary N) is 3. The van der Waals surface area contributed by atoms with Crippen molar-refractivity contribution in [3.8, 4) is 0 Å². The van der Waals surface area contributed by atoms with Gasteiger partial charge in [0, 0.05) is 46.6 Å². The molecular formula is C21H23N3O2S. The van der Waals surface area contributed by atoms with E-state index in [2.05, 4.69) is 16.0 Å². The van der Waals surface area contributed by atoms with Crippen LogP contribution in [-0.4, -0.2) is 30.4 Å². The summed E-state index contributed by atoms with van der Waals surface area (Å²) in [5.74, 6) is 0.518. The first-order valence-corrected chi connectivity index (χ1v) is 10.1. The minimum absolute atomic E-state index is 0.0174. The van der Waals surface area contributed by atoms with Gasteiger partial charge in [-0.15, -0.1) is 0 Å². The molecule has 1 heterocycles. The van der Waals surface area contributed by atoms with Gasteiger partial charge in [0.1, 0.15) is 0 Å². The third kappa shape index (κ3) is 4.34. The van der Waals surface area contributed by atoms with Crippen LogP contribution in [0, 0.1) is 5.92 Å². The average molecular weight is 382 g/mol. The van der Waals surface area contributed by atoms with Gasteiger partial charge in [-0.2, -0.15) is 0 Å². The highest BCUT2D eigenvalue weighted by Gasteiger charge is 2.40. The highest BCUT2D eigenvalue weighted by molar-refractivity contribution is 7.99. The van der Waals surface area contributed by atoms with Crippen LogP contribution in [-0.2, 0) is 4.79 Å². The van der Waals surface area contributed by atoms with Crippen molar-refractivity contribution in [3.05, 3.63) is 54.1 Å². The number of piperidine rings is 1. The quantitative estimate of drug-likeness (QED) is 0.743. The SMILES string of the molecule is CC(=O)Nc1ccc(Sc2ccc(C(=O)NC3CC4CC3CN4)cc2)cc1. The zero-order valence-corrected chi connectivity index (χ0v) is 16.0. The fourth-order valence-corrected chi connectivity index (χ4v) is 4.70. The molecule has 4 rings (SSSR count). The smallest absolute Gasteiger partial charge is 0.251 e. The number of anilines is 1.